The first-order valence-corrected chi connectivity index (χ1v) is 5.74. The second-order valence-corrected chi connectivity index (χ2v) is 3.93. The molecule has 2 aromatic rings. The SMILES string of the molecule is N#Cc1cccc(O)c1C/C=C/c1ccccc1. The molecule has 0 heterocycles. The zero-order chi connectivity index (χ0) is 12.8. The molecule has 0 radical (unpaired) electrons. The monoisotopic (exact) mass is 235 g/mol. The summed E-state index contributed by atoms with van der Waals surface area (Å²) in [6, 6.07) is 17.0. The summed E-state index contributed by atoms with van der Waals surface area (Å²) in [4.78, 5) is 0. The molecule has 1 N–H and O–H groups in total. The van der Waals surface area contributed by atoms with Gasteiger partial charge in [-0.15, -0.1) is 0 Å². The van der Waals surface area contributed by atoms with Crippen molar-refractivity contribution in [2.45, 2.75) is 6.42 Å². The van der Waals surface area contributed by atoms with E-state index in [4.69, 9.17) is 5.26 Å². The second-order valence-electron chi connectivity index (χ2n) is 3.93. The third kappa shape index (κ3) is 2.78. The van der Waals surface area contributed by atoms with Crippen molar-refractivity contribution in [3.05, 3.63) is 71.3 Å². The van der Waals surface area contributed by atoms with Crippen molar-refractivity contribution < 1.29 is 5.11 Å². The highest BCUT2D eigenvalue weighted by atomic mass is 16.3. The molecule has 0 amide bonds. The molecule has 2 heteroatoms. The quantitative estimate of drug-likeness (QED) is 0.884. The Balaban J connectivity index is 2.16. The fourth-order valence-corrected chi connectivity index (χ4v) is 1.77. The topological polar surface area (TPSA) is 44.0 Å². The lowest BCUT2D eigenvalue weighted by Crippen LogP contribution is -1.88. The lowest BCUT2D eigenvalue weighted by molar-refractivity contribution is 0.469. The highest BCUT2D eigenvalue weighted by molar-refractivity contribution is 5.52. The fourth-order valence-electron chi connectivity index (χ4n) is 1.77. The Morgan fingerprint density at radius 1 is 1.06 bits per heavy atom. The summed E-state index contributed by atoms with van der Waals surface area (Å²) >= 11 is 0. The van der Waals surface area contributed by atoms with Crippen LogP contribution in [0.1, 0.15) is 16.7 Å². The van der Waals surface area contributed by atoms with Gasteiger partial charge in [0, 0.05) is 5.56 Å². The summed E-state index contributed by atoms with van der Waals surface area (Å²) in [5, 5.41) is 18.7. The Kier molecular flexibility index (Phi) is 3.78. The number of allylic oxidation sites excluding steroid dienone is 1. The summed E-state index contributed by atoms with van der Waals surface area (Å²) in [5.41, 5.74) is 2.30. The van der Waals surface area contributed by atoms with E-state index in [0.717, 1.165) is 5.56 Å². The zero-order valence-corrected chi connectivity index (χ0v) is 9.88. The molecule has 18 heavy (non-hydrogen) atoms. The predicted molar refractivity (Wildman–Crippen MR) is 72.0 cm³/mol. The van der Waals surface area contributed by atoms with E-state index >= 15 is 0 Å². The molecule has 0 aliphatic carbocycles. The molecule has 0 bridgehead atoms. The van der Waals surface area contributed by atoms with Crippen LogP contribution in [0, 0.1) is 11.3 Å². The fraction of sp³-hybridized carbons (Fsp3) is 0.0625. The van der Waals surface area contributed by atoms with Crippen LogP contribution in [-0.2, 0) is 6.42 Å². The third-order valence-corrected chi connectivity index (χ3v) is 2.70. The molecule has 0 fully saturated rings. The maximum Gasteiger partial charge on any atom is 0.120 e. The Bertz CT molecular complexity index is 594. The minimum absolute atomic E-state index is 0.173. The first kappa shape index (κ1) is 11.9. The van der Waals surface area contributed by atoms with Gasteiger partial charge in [0.05, 0.1) is 11.6 Å². The van der Waals surface area contributed by atoms with Crippen LogP contribution in [0.15, 0.2) is 54.6 Å². The number of nitrogens with zero attached hydrogens (tertiary/aromatic N) is 1. The van der Waals surface area contributed by atoms with E-state index in [-0.39, 0.29) is 5.75 Å². The summed E-state index contributed by atoms with van der Waals surface area (Å²) < 4.78 is 0. The van der Waals surface area contributed by atoms with Crippen LogP contribution in [0.2, 0.25) is 0 Å². The van der Waals surface area contributed by atoms with Crippen LogP contribution in [0.25, 0.3) is 6.08 Å². The Labute approximate surface area is 106 Å². The number of rotatable bonds is 3. The van der Waals surface area contributed by atoms with Crippen molar-refractivity contribution in [2.75, 3.05) is 0 Å². The van der Waals surface area contributed by atoms with E-state index < -0.39 is 0 Å². The summed E-state index contributed by atoms with van der Waals surface area (Å²) in [6.45, 7) is 0. The summed E-state index contributed by atoms with van der Waals surface area (Å²) in [6.07, 6.45) is 4.48. The molecule has 2 aromatic carbocycles. The molecule has 2 rings (SSSR count). The highest BCUT2D eigenvalue weighted by Gasteiger charge is 2.04. The van der Waals surface area contributed by atoms with E-state index in [2.05, 4.69) is 6.07 Å². The molecule has 0 aliphatic rings. The van der Waals surface area contributed by atoms with Gasteiger partial charge in [-0.1, -0.05) is 48.6 Å². The number of phenols is 1. The van der Waals surface area contributed by atoms with E-state index in [1.807, 2.05) is 42.5 Å². The smallest absolute Gasteiger partial charge is 0.120 e. The summed E-state index contributed by atoms with van der Waals surface area (Å²) in [5.74, 6) is 0.173. The van der Waals surface area contributed by atoms with Crippen molar-refractivity contribution in [3.63, 3.8) is 0 Å². The molecule has 88 valence electrons. The molecule has 0 saturated carbocycles. The van der Waals surface area contributed by atoms with Gasteiger partial charge in [0.2, 0.25) is 0 Å². The number of benzene rings is 2. The minimum atomic E-state index is 0.173. The predicted octanol–water partition coefficient (Wildman–Crippen LogP) is 3.52. The lowest BCUT2D eigenvalue weighted by atomic mass is 10.0. The van der Waals surface area contributed by atoms with E-state index in [1.165, 1.54) is 0 Å². The Morgan fingerprint density at radius 3 is 2.56 bits per heavy atom. The standard InChI is InChI=1S/C16H13NO/c17-12-14-9-5-11-16(18)15(14)10-4-8-13-6-2-1-3-7-13/h1-9,11,18H,10H2/b8-4+. The van der Waals surface area contributed by atoms with Crippen molar-refractivity contribution in [2.24, 2.45) is 0 Å². The summed E-state index contributed by atoms with van der Waals surface area (Å²) in [7, 11) is 0. The van der Waals surface area contributed by atoms with Crippen LogP contribution in [0.4, 0.5) is 0 Å². The maximum atomic E-state index is 9.73. The van der Waals surface area contributed by atoms with Crippen LogP contribution in [0.5, 0.6) is 5.75 Å². The Morgan fingerprint density at radius 2 is 1.83 bits per heavy atom. The van der Waals surface area contributed by atoms with Gasteiger partial charge in [-0.25, -0.2) is 0 Å². The van der Waals surface area contributed by atoms with Crippen molar-refractivity contribution in [1.82, 2.24) is 0 Å². The molecule has 0 aromatic heterocycles. The molecule has 0 atom stereocenters. The van der Waals surface area contributed by atoms with E-state index in [1.54, 1.807) is 18.2 Å². The molecular weight excluding hydrogens is 222 g/mol. The largest absolute Gasteiger partial charge is 0.508 e. The molecule has 2 nitrogen and oxygen atoms in total. The molecule has 0 spiro atoms. The van der Waals surface area contributed by atoms with Gasteiger partial charge in [0.1, 0.15) is 5.75 Å². The molecule has 0 unspecified atom stereocenters. The van der Waals surface area contributed by atoms with Gasteiger partial charge in [0.25, 0.3) is 0 Å². The number of nitriles is 1. The second kappa shape index (κ2) is 5.70. The normalized spacial score (nSPS) is 10.4. The van der Waals surface area contributed by atoms with Gasteiger partial charge in [-0.3, -0.25) is 0 Å². The first-order chi connectivity index (χ1) is 8.81. The van der Waals surface area contributed by atoms with Crippen molar-refractivity contribution in [1.29, 1.82) is 5.26 Å². The van der Waals surface area contributed by atoms with E-state index in [0.29, 0.717) is 17.5 Å². The van der Waals surface area contributed by atoms with Gasteiger partial charge >= 0.3 is 0 Å². The van der Waals surface area contributed by atoms with Crippen LogP contribution < -0.4 is 0 Å². The van der Waals surface area contributed by atoms with Crippen molar-refractivity contribution in [3.8, 4) is 11.8 Å². The average molecular weight is 235 g/mol. The number of phenolic OH excluding ortho intramolecular Hbond substituents is 1. The first-order valence-electron chi connectivity index (χ1n) is 5.74. The number of hydrogen-bond donors (Lipinski definition) is 1. The number of aromatic hydroxyl groups is 1. The van der Waals surface area contributed by atoms with Crippen LogP contribution in [-0.4, -0.2) is 5.11 Å². The lowest BCUT2D eigenvalue weighted by Gasteiger charge is -2.03. The molecule has 0 saturated heterocycles. The van der Waals surface area contributed by atoms with Gasteiger partial charge in [-0.2, -0.15) is 5.26 Å². The average Bonchev–Trinajstić information content (AvgIpc) is 2.41. The third-order valence-electron chi connectivity index (χ3n) is 2.70. The number of hydrogen-bond acceptors (Lipinski definition) is 2. The van der Waals surface area contributed by atoms with Crippen LogP contribution >= 0.6 is 0 Å². The van der Waals surface area contributed by atoms with Gasteiger partial charge in [0.15, 0.2) is 0 Å². The maximum absolute atomic E-state index is 9.73. The highest BCUT2D eigenvalue weighted by Crippen LogP contribution is 2.21. The van der Waals surface area contributed by atoms with Crippen LogP contribution in [0.3, 0.4) is 0 Å². The van der Waals surface area contributed by atoms with Gasteiger partial charge in [-0.05, 0) is 24.1 Å². The minimum Gasteiger partial charge on any atom is -0.508 e. The Hall–Kier alpha value is -2.53. The molecule has 0 aliphatic heterocycles. The van der Waals surface area contributed by atoms with Crippen molar-refractivity contribution >= 4 is 6.08 Å². The zero-order valence-electron chi connectivity index (χ0n) is 9.88. The van der Waals surface area contributed by atoms with E-state index in [9.17, 15) is 5.11 Å². The molecular formula is C16H13NO. The van der Waals surface area contributed by atoms with Gasteiger partial charge < -0.3 is 5.11 Å².